The largest absolute Gasteiger partial charge is 0.143 e. The van der Waals surface area contributed by atoms with Gasteiger partial charge in [0.2, 0.25) is 0 Å². The Morgan fingerprint density at radius 2 is 1.24 bits per heavy atom. The predicted molar refractivity (Wildman–Crippen MR) is 132 cm³/mol. The second-order valence-electron chi connectivity index (χ2n) is 6.73. The zero-order valence-corrected chi connectivity index (χ0v) is 17.8. The van der Waals surface area contributed by atoms with Gasteiger partial charge in [-0.25, -0.2) is 0 Å². The minimum atomic E-state index is 0.957. The first-order chi connectivity index (χ1) is 14.2. The summed E-state index contributed by atoms with van der Waals surface area (Å²) in [4.78, 5) is 0.957. The number of hydrogen-bond donors (Lipinski definition) is 1. The molecule has 0 unspecified atom stereocenters. The van der Waals surface area contributed by atoms with Gasteiger partial charge in [0.15, 0.2) is 0 Å². The molecule has 0 aromatic heterocycles. The van der Waals surface area contributed by atoms with Gasteiger partial charge < -0.3 is 0 Å². The maximum Gasteiger partial charge on any atom is 0.0118 e. The molecule has 0 aliphatic heterocycles. The average Bonchev–Trinajstić information content (AvgIpc) is 2.78. The van der Waals surface area contributed by atoms with Crippen LogP contribution in [0, 0.1) is 0 Å². The van der Waals surface area contributed by atoms with E-state index in [1.165, 1.54) is 16.7 Å². The molecule has 0 saturated heterocycles. The molecule has 3 aromatic carbocycles. The van der Waals surface area contributed by atoms with Crippen molar-refractivity contribution in [1.29, 1.82) is 0 Å². The summed E-state index contributed by atoms with van der Waals surface area (Å²) in [7, 11) is 0. The minimum Gasteiger partial charge on any atom is -0.143 e. The highest BCUT2D eigenvalue weighted by molar-refractivity contribution is 7.90. The molecule has 0 heterocycles. The molecule has 3 rings (SSSR count). The smallest absolute Gasteiger partial charge is 0.0118 e. The molecule has 0 bridgehead atoms. The van der Waals surface area contributed by atoms with Crippen molar-refractivity contribution in [2.45, 2.75) is 13.8 Å². The van der Waals surface area contributed by atoms with Crippen molar-refractivity contribution in [2.24, 2.45) is 0 Å². The van der Waals surface area contributed by atoms with Crippen LogP contribution in [-0.2, 0) is 0 Å². The van der Waals surface area contributed by atoms with Crippen LogP contribution in [0.4, 0.5) is 0 Å². The monoisotopic (exact) mass is 394 g/mol. The second-order valence-corrected chi connectivity index (χ2v) is 7.21. The molecule has 1 heteroatoms. The Bertz CT molecular complexity index is 993. The molecular formula is C28H26S. The fraction of sp³-hybridized carbons (Fsp3) is 0.0714. The molecule has 3 aromatic rings. The first-order valence-electron chi connectivity index (χ1n) is 9.84. The van der Waals surface area contributed by atoms with Crippen LogP contribution in [0.1, 0.15) is 36.1 Å². The van der Waals surface area contributed by atoms with Crippen molar-refractivity contribution in [3.05, 3.63) is 137 Å². The van der Waals surface area contributed by atoms with Gasteiger partial charge in [0.25, 0.3) is 0 Å². The van der Waals surface area contributed by atoms with Gasteiger partial charge in [0, 0.05) is 4.91 Å². The Morgan fingerprint density at radius 1 is 0.690 bits per heavy atom. The minimum absolute atomic E-state index is 0.957. The van der Waals surface area contributed by atoms with E-state index in [1.807, 2.05) is 32.1 Å². The fourth-order valence-electron chi connectivity index (χ4n) is 3.15. The van der Waals surface area contributed by atoms with Crippen molar-refractivity contribution < 1.29 is 0 Å². The van der Waals surface area contributed by atoms with E-state index in [0.717, 1.165) is 21.6 Å². The summed E-state index contributed by atoms with van der Waals surface area (Å²) in [5.41, 5.74) is 7.05. The molecule has 144 valence electrons. The third-order valence-electron chi connectivity index (χ3n) is 4.68. The lowest BCUT2D eigenvalue weighted by atomic mass is 9.95. The Hall–Kier alpha value is -3.03. The number of allylic oxidation sites excluding steroid dienone is 5. The number of hydrogen-bond acceptors (Lipinski definition) is 1. The van der Waals surface area contributed by atoms with Gasteiger partial charge in [-0.2, -0.15) is 0 Å². The van der Waals surface area contributed by atoms with Crippen LogP contribution in [0.15, 0.2) is 115 Å². The number of benzene rings is 3. The van der Waals surface area contributed by atoms with Gasteiger partial charge in [0.1, 0.15) is 0 Å². The molecular weight excluding hydrogens is 368 g/mol. The lowest BCUT2D eigenvalue weighted by Gasteiger charge is -2.09. The van der Waals surface area contributed by atoms with Gasteiger partial charge in [-0.15, -0.1) is 12.6 Å². The lowest BCUT2D eigenvalue weighted by Crippen LogP contribution is -1.88. The Kier molecular flexibility index (Phi) is 7.49. The summed E-state index contributed by atoms with van der Waals surface area (Å²) in [6.45, 7) is 4.06. The van der Waals surface area contributed by atoms with Gasteiger partial charge in [-0.1, -0.05) is 103 Å². The molecule has 0 aliphatic carbocycles. The number of rotatable bonds is 6. The maximum atomic E-state index is 4.70. The summed E-state index contributed by atoms with van der Waals surface area (Å²) in [6.07, 6.45) is 10.5. The normalized spacial score (nSPS) is 12.2. The SMILES string of the molecule is C\C=C/C(/C=C(\S)c1ccc(C=C(c2ccccc2)c2ccccc2)cc1)=C\C. The van der Waals surface area contributed by atoms with Crippen molar-refractivity contribution in [3.63, 3.8) is 0 Å². The Balaban J connectivity index is 1.95. The zero-order chi connectivity index (χ0) is 20.5. The third kappa shape index (κ3) is 5.73. The molecule has 0 spiro atoms. The van der Waals surface area contributed by atoms with Crippen LogP contribution in [0.25, 0.3) is 16.6 Å². The average molecular weight is 395 g/mol. The van der Waals surface area contributed by atoms with Crippen LogP contribution in [0.2, 0.25) is 0 Å². The summed E-state index contributed by atoms with van der Waals surface area (Å²) in [5, 5.41) is 0. The first-order valence-corrected chi connectivity index (χ1v) is 10.3. The van der Waals surface area contributed by atoms with E-state index < -0.39 is 0 Å². The van der Waals surface area contributed by atoms with Gasteiger partial charge in [-0.05, 0) is 59.4 Å². The standard InChI is InChI=1S/C28H26S/c1-3-11-22(4-2)21-28(29)26-18-16-23(17-19-26)20-27(24-12-7-5-8-13-24)25-14-9-6-10-15-25/h3-21,29H,1-2H3/b11-3-,22-4+,28-21-. The van der Waals surface area contributed by atoms with Gasteiger partial charge in [0.05, 0.1) is 0 Å². The first kappa shape index (κ1) is 20.7. The van der Waals surface area contributed by atoms with Gasteiger partial charge >= 0.3 is 0 Å². The third-order valence-corrected chi connectivity index (χ3v) is 5.07. The van der Waals surface area contributed by atoms with Crippen molar-refractivity contribution in [3.8, 4) is 0 Å². The Morgan fingerprint density at radius 3 is 1.72 bits per heavy atom. The van der Waals surface area contributed by atoms with E-state index in [2.05, 4.69) is 97.1 Å². The lowest BCUT2D eigenvalue weighted by molar-refractivity contribution is 1.54. The highest BCUT2D eigenvalue weighted by atomic mass is 32.1. The summed E-state index contributed by atoms with van der Waals surface area (Å²) < 4.78 is 0. The van der Waals surface area contributed by atoms with Gasteiger partial charge in [-0.3, -0.25) is 0 Å². The molecule has 0 saturated carbocycles. The quantitative estimate of drug-likeness (QED) is 0.244. The van der Waals surface area contributed by atoms with Crippen LogP contribution in [0.5, 0.6) is 0 Å². The van der Waals surface area contributed by atoms with E-state index in [-0.39, 0.29) is 0 Å². The van der Waals surface area contributed by atoms with E-state index in [1.54, 1.807) is 0 Å². The van der Waals surface area contributed by atoms with Crippen LogP contribution in [-0.4, -0.2) is 0 Å². The van der Waals surface area contributed by atoms with E-state index in [0.29, 0.717) is 0 Å². The van der Waals surface area contributed by atoms with E-state index >= 15 is 0 Å². The summed E-state index contributed by atoms with van der Waals surface area (Å²) >= 11 is 4.70. The zero-order valence-electron chi connectivity index (χ0n) is 16.9. The topological polar surface area (TPSA) is 0 Å². The highest BCUT2D eigenvalue weighted by Crippen LogP contribution is 2.27. The molecule has 0 fully saturated rings. The maximum absolute atomic E-state index is 4.70. The van der Waals surface area contributed by atoms with Crippen molar-refractivity contribution in [1.82, 2.24) is 0 Å². The molecule has 0 atom stereocenters. The van der Waals surface area contributed by atoms with Crippen LogP contribution >= 0.6 is 12.6 Å². The molecule has 29 heavy (non-hydrogen) atoms. The molecule has 0 aliphatic rings. The predicted octanol–water partition coefficient (Wildman–Crippen LogP) is 8.07. The summed E-state index contributed by atoms with van der Waals surface area (Å²) in [5.74, 6) is 0. The molecule has 0 nitrogen and oxygen atoms in total. The second kappa shape index (κ2) is 10.5. The van der Waals surface area contributed by atoms with E-state index in [4.69, 9.17) is 12.6 Å². The van der Waals surface area contributed by atoms with Crippen molar-refractivity contribution >= 4 is 29.2 Å². The fourth-order valence-corrected chi connectivity index (χ4v) is 3.44. The van der Waals surface area contributed by atoms with Crippen LogP contribution in [0.3, 0.4) is 0 Å². The van der Waals surface area contributed by atoms with E-state index in [9.17, 15) is 0 Å². The molecule has 0 amide bonds. The number of thiol groups is 1. The molecule has 0 N–H and O–H groups in total. The van der Waals surface area contributed by atoms with Crippen molar-refractivity contribution in [2.75, 3.05) is 0 Å². The van der Waals surface area contributed by atoms with Crippen LogP contribution < -0.4 is 0 Å². The highest BCUT2D eigenvalue weighted by Gasteiger charge is 2.05. The molecule has 0 radical (unpaired) electrons. The summed E-state index contributed by atoms with van der Waals surface area (Å²) in [6, 6.07) is 29.6. The Labute approximate surface area is 180 Å².